The zero-order valence-electron chi connectivity index (χ0n) is 58.4. The van der Waals surface area contributed by atoms with Crippen molar-refractivity contribution in [3.63, 3.8) is 0 Å². The highest BCUT2D eigenvalue weighted by atomic mass is 32.2. The van der Waals surface area contributed by atoms with Crippen molar-refractivity contribution < 1.29 is 257 Å². The van der Waals surface area contributed by atoms with Crippen LogP contribution in [0.2, 0.25) is 0 Å². The third-order valence-electron chi connectivity index (χ3n) is 15.6. The number of hydrogen-bond donors (Lipinski definition) is 0. The molecule has 0 aromatic heterocycles. The number of oxime groups is 6. The van der Waals surface area contributed by atoms with E-state index in [4.69, 9.17) is 0 Å². The summed E-state index contributed by atoms with van der Waals surface area (Å²) in [7, 11) is 0. The van der Waals surface area contributed by atoms with Crippen LogP contribution < -0.4 is 10.9 Å². The van der Waals surface area contributed by atoms with Gasteiger partial charge in [-0.2, -0.15) is 79.0 Å². The Hall–Kier alpha value is -10.8. The van der Waals surface area contributed by atoms with E-state index in [-0.39, 0.29) is 0 Å². The topological polar surface area (TPSA) is 130 Å². The van der Waals surface area contributed by atoms with Gasteiger partial charge in [-0.3, -0.25) is 0 Å². The Balaban J connectivity index is 1.60. The second-order valence-corrected chi connectivity index (χ2v) is 29.6. The fourth-order valence-electron chi connectivity index (χ4n) is 9.89. The van der Waals surface area contributed by atoms with Gasteiger partial charge in [0.2, 0.25) is 0 Å². The van der Waals surface area contributed by atoms with Gasteiger partial charge in [0, 0.05) is 10.9 Å². The van der Waals surface area contributed by atoms with Crippen LogP contribution in [0.3, 0.4) is 0 Å². The standard InChI is InChI=1S/C60B2F52N6O6S6/c63-9-1(55(97,98)99)10(64)32(86)43(31(9)85)127-49-50(128-44-33(87)11(65)2(56(100,101)102)12(66)34(44)88)116-122-62(8-23(77)27(81)30(84)28(82)24(8)78)125-119-53(131-47-39(93)17(71)5(59(109,110)111)18(72)40(47)94)51(129-45-35(89)13(67)3(57(103,104)105)14(68)36(45)90)117-123-61(121-115-49,7-21(75)25(79)29(83)26(80)22(7)76)124-118-52(130-46-37(91)15(69)4(58(106,107)108)16(70)38(46)92)54(120-126-62)132-48-41(95)19(73)6(60(112,113)114)20(74)42(48)96/q-2/b115-49-,116-50-,117-51-,118-52-,119-53-,120-54?. The van der Waals surface area contributed by atoms with Crippen molar-refractivity contribution in [3.8, 4) is 0 Å². The summed E-state index contributed by atoms with van der Waals surface area (Å²) in [6.07, 6.45) is -41.6. The van der Waals surface area contributed by atoms with Crippen LogP contribution >= 0.6 is 70.6 Å². The van der Waals surface area contributed by atoms with Gasteiger partial charge in [0.25, 0.3) is 0 Å². The van der Waals surface area contributed by atoms with E-state index in [0.29, 0.717) is 0 Å². The van der Waals surface area contributed by atoms with Crippen molar-refractivity contribution in [1.82, 2.24) is 0 Å². The number of thioether (sulfide) groups is 6. The summed E-state index contributed by atoms with van der Waals surface area (Å²) in [6, 6.07) is 0. The van der Waals surface area contributed by atoms with Crippen molar-refractivity contribution in [2.24, 2.45) is 30.9 Å². The number of halogens is 52. The highest BCUT2D eigenvalue weighted by Crippen LogP contribution is 2.51. The third kappa shape index (κ3) is 18.3. The largest absolute Gasteiger partial charge is 0.646 e. The van der Waals surface area contributed by atoms with Crippen LogP contribution in [0.1, 0.15) is 33.4 Å². The fourth-order valence-corrected chi connectivity index (χ4v) is 15.2. The lowest BCUT2D eigenvalue weighted by Crippen LogP contribution is -2.58. The maximum Gasteiger partial charge on any atom is 0.646 e. The second kappa shape index (κ2) is 36.2. The van der Waals surface area contributed by atoms with Crippen LogP contribution in [0.4, 0.5) is 228 Å². The molecule has 3 aliphatic rings. The molecule has 132 heavy (non-hydrogen) atoms. The summed E-state index contributed by atoms with van der Waals surface area (Å²) in [5.41, 5.74) is -31.9. The van der Waals surface area contributed by atoms with E-state index < -0.39 is 423 Å². The van der Waals surface area contributed by atoms with Gasteiger partial charge >= 0.3 is 50.6 Å². The molecule has 2 bridgehead atoms. The van der Waals surface area contributed by atoms with Crippen LogP contribution in [0.25, 0.3) is 0 Å². The minimum absolute atomic E-state index is 2.27. The summed E-state index contributed by atoms with van der Waals surface area (Å²) in [4.78, 5) is -20.7. The van der Waals surface area contributed by atoms with Crippen molar-refractivity contribution in [2.75, 3.05) is 0 Å². The Labute approximate surface area is 708 Å². The number of benzene rings is 8. The molecule has 8 aromatic carbocycles. The van der Waals surface area contributed by atoms with Gasteiger partial charge in [0.05, 0.1) is 29.4 Å². The van der Waals surface area contributed by atoms with E-state index in [9.17, 15) is 79.0 Å². The Kier molecular flexibility index (Phi) is 28.3. The van der Waals surface area contributed by atoms with Crippen LogP contribution in [0, 0.1) is 198 Å². The number of fused-ring (bicyclic) bond motifs is 9. The van der Waals surface area contributed by atoms with Gasteiger partial charge in [-0.15, -0.1) is 30.9 Å². The second-order valence-electron chi connectivity index (χ2n) is 23.6. The van der Waals surface area contributed by atoms with E-state index in [1.54, 1.807) is 0 Å². The molecule has 3 heterocycles. The van der Waals surface area contributed by atoms with Crippen LogP contribution in [-0.2, 0) is 65.6 Å². The summed E-state index contributed by atoms with van der Waals surface area (Å²) >= 11 is -14.0. The first-order chi connectivity index (χ1) is 60.4. The molecule has 0 atom stereocenters. The molecule has 0 saturated carbocycles. The van der Waals surface area contributed by atoms with E-state index in [1.807, 2.05) is 0 Å². The molecule has 3 aliphatic heterocycles. The molecule has 11 rings (SSSR count). The summed E-state index contributed by atoms with van der Waals surface area (Å²) in [6.45, 7) is -16.1. The van der Waals surface area contributed by atoms with Crippen LogP contribution in [0.15, 0.2) is 60.3 Å². The number of alkyl halides is 18. The lowest BCUT2D eigenvalue weighted by Gasteiger charge is -2.37. The first kappa shape index (κ1) is 103. The monoisotopic (exact) mass is 2100 g/mol. The summed E-state index contributed by atoms with van der Waals surface area (Å²) in [5.74, 6) is -138. The van der Waals surface area contributed by atoms with Gasteiger partial charge in [0.1, 0.15) is 56.6 Å². The zero-order chi connectivity index (χ0) is 99.9. The minimum atomic E-state index is -8.06. The SMILES string of the molecule is Fc1c(F)c(F)c([B-]23ON=C(Sc4c(F)c(F)c(C(F)(F)F)c(F)c4F)/C(Sc4c(F)c(F)c(C(F)(F)F)c(F)c4F)=N/O[B-](c4c(F)c(F)c(F)c(F)c4F)(O/N=C(Sc4c(F)c(F)c(C(F)(F)F)c(F)c4F)/C(Sc4c(F)c(F)c(C(F)(F)F)c(F)c4F)=N/O2)O/N=C(Sc2c(F)c(F)c(C(F)(F)F)c(F)c2F)/C(Sc2c(F)c(F)c(C(F)(F)F)c(F)c2F)=N/O3)c(F)c1F. The lowest BCUT2D eigenvalue weighted by atomic mass is 9.69. The first-order valence-electron chi connectivity index (χ1n) is 31.0. The Bertz CT molecular complexity index is 5320. The molecule has 0 unspecified atom stereocenters. The first-order valence-corrected chi connectivity index (χ1v) is 35.9. The molecule has 0 N–H and O–H groups in total. The molecule has 0 aliphatic carbocycles. The quantitative estimate of drug-likeness (QED) is 0.0621. The van der Waals surface area contributed by atoms with Gasteiger partial charge in [-0.25, -0.2) is 149 Å². The predicted octanol–water partition coefficient (Wildman–Crippen LogP) is 24.3. The van der Waals surface area contributed by atoms with Crippen LogP contribution in [0.5, 0.6) is 0 Å². The van der Waals surface area contributed by atoms with Crippen molar-refractivity contribution in [1.29, 1.82) is 0 Å². The Morgan fingerprint density at radius 3 is 0.341 bits per heavy atom. The predicted molar refractivity (Wildman–Crippen MR) is 337 cm³/mol. The average Bonchev–Trinajstić information content (AvgIpc) is 0.735. The highest BCUT2D eigenvalue weighted by Gasteiger charge is 2.56. The minimum Gasteiger partial charge on any atom is -0.535 e. The molecule has 0 radical (unpaired) electrons. The molecule has 8 aromatic rings. The Morgan fingerprint density at radius 1 is 0.144 bits per heavy atom. The zero-order valence-corrected chi connectivity index (χ0v) is 63.3. The molecular formula is C60B2F52N6O6S6-2. The Morgan fingerprint density at radius 2 is 0.242 bits per heavy atom. The third-order valence-corrected chi connectivity index (χ3v) is 22.2. The molecule has 0 saturated heterocycles. The molecular weight excluding hydrogens is 2100 g/mol. The maximum absolute atomic E-state index is 17.4. The fraction of sp³-hybridized carbons (Fsp3) is 0.100. The summed E-state index contributed by atoms with van der Waals surface area (Å²) in [5, 5.41) is -7.46. The molecule has 0 fully saturated rings. The number of rotatable bonds is 8. The van der Waals surface area contributed by atoms with E-state index >= 15 is 149 Å². The van der Waals surface area contributed by atoms with Crippen molar-refractivity contribution >= 4 is 125 Å². The molecule has 12 nitrogen and oxygen atoms in total. The molecule has 0 spiro atoms. The van der Waals surface area contributed by atoms with Gasteiger partial charge < -0.3 is 28.5 Å². The molecule has 72 heteroatoms. The highest BCUT2D eigenvalue weighted by molar-refractivity contribution is 8.26. The maximum atomic E-state index is 17.4. The van der Waals surface area contributed by atoms with Gasteiger partial charge in [0.15, 0.2) is 205 Å². The number of nitrogens with zero attached hydrogens (tertiary/aromatic N) is 6. The summed E-state index contributed by atoms with van der Waals surface area (Å²) < 4.78 is 835. The van der Waals surface area contributed by atoms with Gasteiger partial charge in [-0.1, -0.05) is 70.6 Å². The smallest absolute Gasteiger partial charge is 0.535 e. The van der Waals surface area contributed by atoms with Crippen molar-refractivity contribution in [2.45, 2.75) is 66.4 Å². The molecule has 714 valence electrons. The van der Waals surface area contributed by atoms with E-state index in [2.05, 4.69) is 59.5 Å². The van der Waals surface area contributed by atoms with E-state index in [0.717, 1.165) is 0 Å². The van der Waals surface area contributed by atoms with Crippen molar-refractivity contribution in [3.05, 3.63) is 231 Å². The lowest BCUT2D eigenvalue weighted by molar-refractivity contribution is -0.144. The van der Waals surface area contributed by atoms with Gasteiger partial charge in [-0.05, 0) is 0 Å². The molecule has 0 amide bonds. The van der Waals surface area contributed by atoms with E-state index in [1.165, 1.54) is 0 Å². The number of hydrogen-bond acceptors (Lipinski definition) is 18. The normalized spacial score (nSPS) is 18.4. The average molecular weight is 2100 g/mol. The van der Waals surface area contributed by atoms with Crippen LogP contribution in [-0.4, -0.2) is 43.8 Å².